The van der Waals surface area contributed by atoms with Crippen molar-refractivity contribution in [3.05, 3.63) is 35.5 Å². The number of fused-ring (bicyclic) bond motifs is 1. The van der Waals surface area contributed by atoms with E-state index in [2.05, 4.69) is 10.3 Å². The van der Waals surface area contributed by atoms with E-state index in [-0.39, 0.29) is 12.0 Å². The second-order valence-corrected chi connectivity index (χ2v) is 4.26. The van der Waals surface area contributed by atoms with Crippen LogP contribution in [0.5, 0.6) is 0 Å². The van der Waals surface area contributed by atoms with Crippen LogP contribution in [-0.2, 0) is 11.2 Å². The van der Waals surface area contributed by atoms with E-state index >= 15 is 0 Å². The normalized spacial score (nSPS) is 12.5. The van der Waals surface area contributed by atoms with Gasteiger partial charge in [0.2, 0.25) is 0 Å². The standard InChI is InChI=1S/C13H14N2O4/c1-14-11(13(18)19)5-8-6-15-10-3-2-7(12(16)17)4-9(8)10/h2-4,6,11,14-15H,5H2,1H3,(H,16,17)(H,18,19)/t11-/m0/s1. The van der Waals surface area contributed by atoms with Crippen molar-refractivity contribution in [1.29, 1.82) is 0 Å². The van der Waals surface area contributed by atoms with Crippen LogP contribution in [-0.4, -0.2) is 40.2 Å². The highest BCUT2D eigenvalue weighted by Crippen LogP contribution is 2.21. The van der Waals surface area contributed by atoms with Crippen LogP contribution < -0.4 is 5.32 Å². The predicted octanol–water partition coefficient (Wildman–Crippen LogP) is 1.08. The first-order valence-corrected chi connectivity index (χ1v) is 5.76. The number of H-pyrrole nitrogens is 1. The summed E-state index contributed by atoms with van der Waals surface area (Å²) in [6.45, 7) is 0. The Bertz CT molecular complexity index is 633. The topological polar surface area (TPSA) is 102 Å². The Morgan fingerprint density at radius 1 is 1.37 bits per heavy atom. The number of carboxylic acids is 2. The van der Waals surface area contributed by atoms with Crippen LogP contribution >= 0.6 is 0 Å². The Hall–Kier alpha value is -2.34. The fraction of sp³-hybridized carbons (Fsp3) is 0.231. The summed E-state index contributed by atoms with van der Waals surface area (Å²) >= 11 is 0. The number of carbonyl (C=O) groups is 2. The molecule has 0 unspecified atom stereocenters. The zero-order valence-corrected chi connectivity index (χ0v) is 10.3. The summed E-state index contributed by atoms with van der Waals surface area (Å²) in [5, 5.41) is 21.4. The molecule has 0 bridgehead atoms. The largest absolute Gasteiger partial charge is 0.480 e. The maximum atomic E-state index is 11.0. The second-order valence-electron chi connectivity index (χ2n) is 4.26. The molecule has 4 N–H and O–H groups in total. The Kier molecular flexibility index (Phi) is 3.52. The molecular weight excluding hydrogens is 248 g/mol. The third-order valence-electron chi connectivity index (χ3n) is 3.08. The van der Waals surface area contributed by atoms with Crippen molar-refractivity contribution in [1.82, 2.24) is 10.3 Å². The fourth-order valence-electron chi connectivity index (χ4n) is 2.01. The van der Waals surface area contributed by atoms with Gasteiger partial charge in [0.1, 0.15) is 6.04 Å². The van der Waals surface area contributed by atoms with E-state index in [9.17, 15) is 9.59 Å². The number of nitrogens with one attached hydrogen (secondary N) is 2. The summed E-state index contributed by atoms with van der Waals surface area (Å²) in [7, 11) is 1.58. The van der Waals surface area contributed by atoms with Crippen molar-refractivity contribution in [3.63, 3.8) is 0 Å². The van der Waals surface area contributed by atoms with Crippen LogP contribution in [0.2, 0.25) is 0 Å². The van der Waals surface area contributed by atoms with Gasteiger partial charge in [-0.2, -0.15) is 0 Å². The van der Waals surface area contributed by atoms with E-state index in [1.165, 1.54) is 6.07 Å². The maximum Gasteiger partial charge on any atom is 0.335 e. The van der Waals surface area contributed by atoms with Gasteiger partial charge in [0.05, 0.1) is 5.56 Å². The molecule has 1 aromatic carbocycles. The highest BCUT2D eigenvalue weighted by atomic mass is 16.4. The first-order chi connectivity index (χ1) is 9.02. The van der Waals surface area contributed by atoms with E-state index in [0.717, 1.165) is 16.5 Å². The molecule has 1 heterocycles. The summed E-state index contributed by atoms with van der Waals surface area (Å²) in [6, 6.07) is 4.04. The van der Waals surface area contributed by atoms with Gasteiger partial charge in [0.25, 0.3) is 0 Å². The Morgan fingerprint density at radius 3 is 2.68 bits per heavy atom. The summed E-state index contributed by atoms with van der Waals surface area (Å²) in [5.41, 5.74) is 1.75. The van der Waals surface area contributed by atoms with Crippen molar-refractivity contribution in [2.75, 3.05) is 7.05 Å². The zero-order valence-electron chi connectivity index (χ0n) is 10.3. The molecule has 0 amide bonds. The van der Waals surface area contributed by atoms with Crippen LogP contribution in [0.25, 0.3) is 10.9 Å². The number of aliphatic carboxylic acids is 1. The van der Waals surface area contributed by atoms with Gasteiger partial charge in [0, 0.05) is 23.5 Å². The molecule has 1 atom stereocenters. The van der Waals surface area contributed by atoms with Gasteiger partial charge in [-0.15, -0.1) is 0 Å². The van der Waals surface area contributed by atoms with Crippen LogP contribution in [0.1, 0.15) is 15.9 Å². The van der Waals surface area contributed by atoms with E-state index in [1.54, 1.807) is 25.4 Å². The molecule has 0 saturated carbocycles. The smallest absolute Gasteiger partial charge is 0.335 e. The minimum absolute atomic E-state index is 0.185. The number of aromatic nitrogens is 1. The number of aromatic amines is 1. The van der Waals surface area contributed by atoms with Gasteiger partial charge >= 0.3 is 11.9 Å². The van der Waals surface area contributed by atoms with Crippen molar-refractivity contribution in [2.45, 2.75) is 12.5 Å². The van der Waals surface area contributed by atoms with E-state index in [4.69, 9.17) is 10.2 Å². The molecule has 0 aliphatic carbocycles. The van der Waals surface area contributed by atoms with Crippen molar-refractivity contribution >= 4 is 22.8 Å². The molecule has 6 heteroatoms. The van der Waals surface area contributed by atoms with Gasteiger partial charge < -0.3 is 20.5 Å². The average Bonchev–Trinajstić information content (AvgIpc) is 2.77. The highest BCUT2D eigenvalue weighted by molar-refractivity contribution is 5.94. The third-order valence-corrected chi connectivity index (χ3v) is 3.08. The Labute approximate surface area is 109 Å². The number of benzene rings is 1. The quantitative estimate of drug-likeness (QED) is 0.645. The molecule has 1 aromatic heterocycles. The van der Waals surface area contributed by atoms with Gasteiger partial charge in [0.15, 0.2) is 0 Å². The van der Waals surface area contributed by atoms with Crippen molar-refractivity contribution in [2.24, 2.45) is 0 Å². The number of carboxylic acid groups (broad SMARTS) is 2. The molecule has 0 aliphatic rings. The first-order valence-electron chi connectivity index (χ1n) is 5.76. The lowest BCUT2D eigenvalue weighted by Crippen LogP contribution is -2.35. The average molecular weight is 262 g/mol. The SMILES string of the molecule is CN[C@@H](Cc1c[nH]c2ccc(C(=O)O)cc12)C(=O)O. The van der Waals surface area contributed by atoms with Crippen LogP contribution in [0.4, 0.5) is 0 Å². The molecule has 2 rings (SSSR count). The van der Waals surface area contributed by atoms with Crippen LogP contribution in [0.15, 0.2) is 24.4 Å². The molecule has 2 aromatic rings. The van der Waals surface area contributed by atoms with E-state index in [1.807, 2.05) is 0 Å². The Balaban J connectivity index is 2.40. The number of rotatable bonds is 5. The Morgan fingerprint density at radius 2 is 2.11 bits per heavy atom. The lowest BCUT2D eigenvalue weighted by molar-refractivity contribution is -0.139. The van der Waals surface area contributed by atoms with Crippen molar-refractivity contribution in [3.8, 4) is 0 Å². The van der Waals surface area contributed by atoms with Crippen LogP contribution in [0, 0.1) is 0 Å². The lowest BCUT2D eigenvalue weighted by Gasteiger charge is -2.10. The lowest BCUT2D eigenvalue weighted by atomic mass is 10.0. The van der Waals surface area contributed by atoms with Gasteiger partial charge in [-0.3, -0.25) is 4.79 Å². The summed E-state index contributed by atoms with van der Waals surface area (Å²) in [5.74, 6) is -1.94. The number of likely N-dealkylation sites (N-methyl/N-ethyl adjacent to an activating group) is 1. The minimum atomic E-state index is -1.00. The molecule has 0 saturated heterocycles. The molecule has 19 heavy (non-hydrogen) atoms. The monoisotopic (exact) mass is 262 g/mol. The highest BCUT2D eigenvalue weighted by Gasteiger charge is 2.18. The second kappa shape index (κ2) is 5.11. The molecule has 6 nitrogen and oxygen atoms in total. The molecule has 0 spiro atoms. The first kappa shape index (κ1) is 13.1. The fourth-order valence-corrected chi connectivity index (χ4v) is 2.01. The van der Waals surface area contributed by atoms with Crippen molar-refractivity contribution < 1.29 is 19.8 Å². The van der Waals surface area contributed by atoms with Gasteiger partial charge in [-0.1, -0.05) is 0 Å². The van der Waals surface area contributed by atoms with Crippen LogP contribution in [0.3, 0.4) is 0 Å². The molecule has 0 radical (unpaired) electrons. The number of hydrogen-bond donors (Lipinski definition) is 4. The number of aromatic carboxylic acids is 1. The predicted molar refractivity (Wildman–Crippen MR) is 69.4 cm³/mol. The zero-order chi connectivity index (χ0) is 14.0. The summed E-state index contributed by atoms with van der Waals surface area (Å²) in [6.07, 6.45) is 2.00. The minimum Gasteiger partial charge on any atom is -0.480 e. The van der Waals surface area contributed by atoms with Gasteiger partial charge in [-0.25, -0.2) is 4.79 Å². The van der Waals surface area contributed by atoms with Gasteiger partial charge in [-0.05, 0) is 30.8 Å². The van der Waals surface area contributed by atoms with E-state index < -0.39 is 18.0 Å². The molecular formula is C13H14N2O4. The molecule has 100 valence electrons. The van der Waals surface area contributed by atoms with E-state index in [0.29, 0.717) is 0 Å². The molecule has 0 fully saturated rings. The third kappa shape index (κ3) is 2.58. The number of hydrogen-bond acceptors (Lipinski definition) is 3. The molecule has 0 aliphatic heterocycles. The summed E-state index contributed by atoms with van der Waals surface area (Å²) < 4.78 is 0. The maximum absolute atomic E-state index is 11.0. The summed E-state index contributed by atoms with van der Waals surface area (Å²) in [4.78, 5) is 25.0.